The summed E-state index contributed by atoms with van der Waals surface area (Å²) in [5, 5.41) is 0.721. The number of hydrogen-bond donors (Lipinski definition) is 2. The number of benzene rings is 1. The van der Waals surface area contributed by atoms with Crippen molar-refractivity contribution in [3.63, 3.8) is 0 Å². The van der Waals surface area contributed by atoms with Gasteiger partial charge in [-0.15, -0.1) is 0 Å². The summed E-state index contributed by atoms with van der Waals surface area (Å²) in [4.78, 5) is 44.1. The van der Waals surface area contributed by atoms with Gasteiger partial charge in [0.15, 0.2) is 10.9 Å². The first-order valence-corrected chi connectivity index (χ1v) is 11.7. The number of aryl methyl sites for hydroxylation is 1. The molecular formula is C22H29N5O4S. The van der Waals surface area contributed by atoms with Crippen molar-refractivity contribution < 1.29 is 9.53 Å². The van der Waals surface area contributed by atoms with Gasteiger partial charge in [-0.05, 0) is 18.6 Å². The number of carbonyl (C=O) groups excluding carboxylic acids is 1. The first kappa shape index (κ1) is 23.8. The molecule has 32 heavy (non-hydrogen) atoms. The molecule has 1 aromatic carbocycles. The van der Waals surface area contributed by atoms with Gasteiger partial charge in [0.1, 0.15) is 11.4 Å². The SMILES string of the molecule is CCCCCCn1c(SCC(=O)c2c(N)n(CCOC)c(=O)[nH]c2=O)nc2ccccc21. The van der Waals surface area contributed by atoms with Crippen molar-refractivity contribution in [2.75, 3.05) is 25.2 Å². The van der Waals surface area contributed by atoms with Crippen LogP contribution in [0.1, 0.15) is 43.0 Å². The molecule has 3 rings (SSSR count). The zero-order valence-corrected chi connectivity index (χ0v) is 19.2. The van der Waals surface area contributed by atoms with Crippen molar-refractivity contribution in [3.8, 4) is 0 Å². The van der Waals surface area contributed by atoms with Gasteiger partial charge in [-0.2, -0.15) is 0 Å². The van der Waals surface area contributed by atoms with E-state index in [1.54, 1.807) is 0 Å². The Morgan fingerprint density at radius 2 is 1.94 bits per heavy atom. The van der Waals surface area contributed by atoms with Crippen LogP contribution in [0, 0.1) is 0 Å². The maximum absolute atomic E-state index is 12.9. The number of methoxy groups -OCH3 is 1. The normalized spacial score (nSPS) is 11.3. The van der Waals surface area contributed by atoms with Crippen LogP contribution in [0.25, 0.3) is 11.0 Å². The van der Waals surface area contributed by atoms with Gasteiger partial charge < -0.3 is 15.0 Å². The van der Waals surface area contributed by atoms with E-state index >= 15 is 0 Å². The number of aromatic amines is 1. The molecule has 0 aliphatic carbocycles. The summed E-state index contributed by atoms with van der Waals surface area (Å²) in [7, 11) is 1.49. The molecule has 0 spiro atoms. The molecule has 0 saturated heterocycles. The van der Waals surface area contributed by atoms with Gasteiger partial charge in [0.25, 0.3) is 5.56 Å². The van der Waals surface area contributed by atoms with E-state index in [9.17, 15) is 14.4 Å². The van der Waals surface area contributed by atoms with Gasteiger partial charge in [-0.1, -0.05) is 50.1 Å². The van der Waals surface area contributed by atoms with Crippen LogP contribution in [-0.4, -0.2) is 44.4 Å². The van der Waals surface area contributed by atoms with Crippen LogP contribution in [0.3, 0.4) is 0 Å². The van der Waals surface area contributed by atoms with Gasteiger partial charge in [0.2, 0.25) is 0 Å². The number of hydrogen-bond acceptors (Lipinski definition) is 7. The van der Waals surface area contributed by atoms with E-state index in [-0.39, 0.29) is 30.3 Å². The van der Waals surface area contributed by atoms with Gasteiger partial charge in [-0.25, -0.2) is 9.78 Å². The highest BCUT2D eigenvalue weighted by atomic mass is 32.2. The van der Waals surface area contributed by atoms with Crippen LogP contribution in [0.4, 0.5) is 5.82 Å². The third kappa shape index (κ3) is 5.31. The molecule has 3 N–H and O–H groups in total. The van der Waals surface area contributed by atoms with Crippen LogP contribution >= 0.6 is 11.8 Å². The highest BCUT2D eigenvalue weighted by molar-refractivity contribution is 7.99. The number of nitrogens with two attached hydrogens (primary N) is 1. The molecule has 0 unspecified atom stereocenters. The summed E-state index contributed by atoms with van der Waals surface area (Å²) < 4.78 is 8.24. The van der Waals surface area contributed by atoms with Crippen molar-refractivity contribution in [2.45, 2.75) is 50.9 Å². The zero-order valence-electron chi connectivity index (χ0n) is 18.4. The molecule has 0 aliphatic heterocycles. The Balaban J connectivity index is 1.83. The smallest absolute Gasteiger partial charge is 0.330 e. The zero-order chi connectivity index (χ0) is 23.1. The number of fused-ring (bicyclic) bond motifs is 1. The molecule has 0 saturated carbocycles. The van der Waals surface area contributed by atoms with Gasteiger partial charge in [0, 0.05) is 13.7 Å². The number of carbonyl (C=O) groups is 1. The first-order chi connectivity index (χ1) is 15.5. The third-order valence-electron chi connectivity index (χ3n) is 5.22. The van der Waals surface area contributed by atoms with E-state index in [0.717, 1.165) is 46.6 Å². The summed E-state index contributed by atoms with van der Waals surface area (Å²) in [6.07, 6.45) is 4.48. The number of H-pyrrole nitrogens is 1. The third-order valence-corrected chi connectivity index (χ3v) is 6.20. The number of rotatable bonds is 12. The lowest BCUT2D eigenvalue weighted by molar-refractivity contribution is 0.102. The number of unbranched alkanes of at least 4 members (excludes halogenated alkanes) is 3. The lowest BCUT2D eigenvalue weighted by Crippen LogP contribution is -2.37. The van der Waals surface area contributed by atoms with Crippen molar-refractivity contribution >= 4 is 34.4 Å². The summed E-state index contributed by atoms with van der Waals surface area (Å²) in [6, 6.07) is 7.86. The van der Waals surface area contributed by atoms with Crippen molar-refractivity contribution in [1.29, 1.82) is 0 Å². The Morgan fingerprint density at radius 3 is 2.69 bits per heavy atom. The number of Topliss-reactive ketones (excluding diaryl/α,β-unsaturated/α-hetero) is 1. The number of ketones is 1. The molecule has 2 heterocycles. The van der Waals surface area contributed by atoms with E-state index in [0.29, 0.717) is 0 Å². The van der Waals surface area contributed by atoms with Crippen LogP contribution in [0.15, 0.2) is 39.0 Å². The predicted octanol–water partition coefficient (Wildman–Crippen LogP) is 2.67. The molecule has 0 fully saturated rings. The second-order valence-electron chi connectivity index (χ2n) is 7.47. The highest BCUT2D eigenvalue weighted by Crippen LogP contribution is 2.25. The van der Waals surface area contributed by atoms with Crippen LogP contribution in [0.2, 0.25) is 0 Å². The minimum absolute atomic E-state index is 0.0198. The minimum Gasteiger partial charge on any atom is -0.384 e. The van der Waals surface area contributed by atoms with E-state index in [4.69, 9.17) is 10.5 Å². The number of aromatic nitrogens is 4. The molecular weight excluding hydrogens is 430 g/mol. The number of para-hydroxylation sites is 2. The molecule has 3 aromatic rings. The molecule has 0 atom stereocenters. The largest absolute Gasteiger partial charge is 0.384 e. The average molecular weight is 460 g/mol. The van der Waals surface area contributed by atoms with Gasteiger partial charge in [-0.3, -0.25) is 19.1 Å². The lowest BCUT2D eigenvalue weighted by Gasteiger charge is -2.12. The summed E-state index contributed by atoms with van der Waals surface area (Å²) in [6.45, 7) is 3.34. The molecule has 0 radical (unpaired) electrons. The van der Waals surface area contributed by atoms with Crippen molar-refractivity contribution in [2.24, 2.45) is 0 Å². The molecule has 172 valence electrons. The number of anilines is 1. The van der Waals surface area contributed by atoms with Gasteiger partial charge in [0.05, 0.1) is 29.9 Å². The van der Waals surface area contributed by atoms with E-state index < -0.39 is 17.0 Å². The Bertz CT molecular complexity index is 1200. The second-order valence-corrected chi connectivity index (χ2v) is 8.41. The molecule has 9 nitrogen and oxygen atoms in total. The second kappa shape index (κ2) is 11.1. The van der Waals surface area contributed by atoms with E-state index in [1.165, 1.54) is 25.3 Å². The molecule has 0 bridgehead atoms. The fourth-order valence-electron chi connectivity index (χ4n) is 3.54. The number of nitrogens with zero attached hydrogens (tertiary/aromatic N) is 3. The fraction of sp³-hybridized carbons (Fsp3) is 0.455. The summed E-state index contributed by atoms with van der Waals surface area (Å²) in [5.41, 5.74) is 6.25. The molecule has 10 heteroatoms. The number of ether oxygens (including phenoxy) is 1. The topological polar surface area (TPSA) is 125 Å². The van der Waals surface area contributed by atoms with Crippen LogP contribution in [0.5, 0.6) is 0 Å². The summed E-state index contributed by atoms with van der Waals surface area (Å²) in [5.74, 6) is -0.618. The minimum atomic E-state index is -0.778. The first-order valence-electron chi connectivity index (χ1n) is 10.7. The Labute approximate surface area is 190 Å². The quantitative estimate of drug-likeness (QED) is 0.242. The van der Waals surface area contributed by atoms with Crippen molar-refractivity contribution in [1.82, 2.24) is 19.1 Å². The lowest BCUT2D eigenvalue weighted by atomic mass is 10.2. The van der Waals surface area contributed by atoms with Crippen LogP contribution < -0.4 is 17.0 Å². The van der Waals surface area contributed by atoms with Gasteiger partial charge >= 0.3 is 5.69 Å². The number of imidazole rings is 1. The molecule has 0 amide bonds. The Hall–Kier alpha value is -2.85. The number of nitrogen functional groups attached to an aromatic ring is 1. The monoisotopic (exact) mass is 459 g/mol. The van der Waals surface area contributed by atoms with Crippen LogP contribution in [-0.2, 0) is 17.8 Å². The standard InChI is InChI=1S/C22H29N5O4S/c1-3-4-5-8-11-26-16-10-7-6-9-15(16)24-22(26)32-14-17(28)18-19(23)27(12-13-31-2)21(30)25-20(18)29/h6-7,9-10H,3-5,8,11-14,23H2,1-2H3,(H,25,29,30). The maximum atomic E-state index is 12.9. The number of nitrogens with one attached hydrogen (secondary N) is 1. The van der Waals surface area contributed by atoms with E-state index in [2.05, 4.69) is 21.5 Å². The highest BCUT2D eigenvalue weighted by Gasteiger charge is 2.21. The predicted molar refractivity (Wildman–Crippen MR) is 127 cm³/mol. The number of thioether (sulfide) groups is 1. The van der Waals surface area contributed by atoms with Crippen molar-refractivity contribution in [3.05, 3.63) is 50.7 Å². The molecule has 2 aromatic heterocycles. The maximum Gasteiger partial charge on any atom is 0.330 e. The Morgan fingerprint density at radius 1 is 1.16 bits per heavy atom. The Kier molecular flexibility index (Phi) is 8.29. The molecule has 0 aliphatic rings. The average Bonchev–Trinajstić information content (AvgIpc) is 3.12. The van der Waals surface area contributed by atoms with E-state index in [1.807, 2.05) is 24.3 Å². The summed E-state index contributed by atoms with van der Waals surface area (Å²) >= 11 is 1.27. The fourth-order valence-corrected chi connectivity index (χ4v) is 4.45.